The molecule has 1 unspecified atom stereocenters. The van der Waals surface area contributed by atoms with Crippen LogP contribution in [-0.4, -0.2) is 53.1 Å². The van der Waals surface area contributed by atoms with Crippen LogP contribution in [0.5, 0.6) is 5.75 Å². The van der Waals surface area contributed by atoms with Crippen molar-refractivity contribution in [1.82, 2.24) is 9.88 Å². The minimum absolute atomic E-state index is 0.0343. The number of aliphatic hydroxyl groups is 1. The molecule has 5 heteroatoms. The van der Waals surface area contributed by atoms with Gasteiger partial charge < -0.3 is 14.7 Å². The van der Waals surface area contributed by atoms with E-state index >= 15 is 0 Å². The number of β-amino-alcohol motifs (C(OH)–C–C–N with tert-alkyl or cyclic N) is 1. The zero-order chi connectivity index (χ0) is 25.9. The van der Waals surface area contributed by atoms with Crippen LogP contribution in [-0.2, 0) is 17.6 Å². The van der Waals surface area contributed by atoms with E-state index in [0.29, 0.717) is 12.3 Å². The molecule has 0 bridgehead atoms. The van der Waals surface area contributed by atoms with Gasteiger partial charge in [0, 0.05) is 24.0 Å². The largest absolute Gasteiger partial charge is 0.490 e. The van der Waals surface area contributed by atoms with Crippen molar-refractivity contribution in [2.75, 3.05) is 26.2 Å². The number of Topliss-reactive ketones (excluding diaryl/α,β-unsaturated/α-hetero) is 1. The molecule has 1 fully saturated rings. The van der Waals surface area contributed by atoms with Crippen molar-refractivity contribution in [3.8, 4) is 5.75 Å². The second-order valence-corrected chi connectivity index (χ2v) is 10.6. The fourth-order valence-electron chi connectivity index (χ4n) is 6.20. The first-order valence-corrected chi connectivity index (χ1v) is 13.7. The van der Waals surface area contributed by atoms with Gasteiger partial charge in [0.05, 0.1) is 11.4 Å². The summed E-state index contributed by atoms with van der Waals surface area (Å²) in [6, 6.07) is 26.6. The molecule has 4 aromatic rings. The number of hydrogen-bond donors (Lipinski definition) is 1. The first-order valence-electron chi connectivity index (χ1n) is 13.7. The number of rotatable bonds is 7. The Kier molecular flexibility index (Phi) is 7.21. The number of likely N-dealkylation sites (tertiary alicyclic amines) is 1. The second-order valence-electron chi connectivity index (χ2n) is 10.6. The lowest BCUT2D eigenvalue weighted by Gasteiger charge is -2.34. The van der Waals surface area contributed by atoms with Gasteiger partial charge in [-0.05, 0) is 85.3 Å². The summed E-state index contributed by atoms with van der Waals surface area (Å²) in [6.45, 7) is 2.38. The maximum atomic E-state index is 14.0. The van der Waals surface area contributed by atoms with E-state index in [1.54, 1.807) is 6.20 Å². The van der Waals surface area contributed by atoms with Gasteiger partial charge in [0.1, 0.15) is 24.2 Å². The van der Waals surface area contributed by atoms with Crippen molar-refractivity contribution in [2.24, 2.45) is 5.92 Å². The molecule has 1 aliphatic heterocycles. The van der Waals surface area contributed by atoms with Crippen LogP contribution in [0.1, 0.15) is 41.0 Å². The van der Waals surface area contributed by atoms with Gasteiger partial charge in [-0.1, -0.05) is 54.6 Å². The van der Waals surface area contributed by atoms with Crippen molar-refractivity contribution in [2.45, 2.75) is 37.7 Å². The Morgan fingerprint density at radius 3 is 2.29 bits per heavy atom. The highest BCUT2D eigenvalue weighted by Crippen LogP contribution is 2.38. The van der Waals surface area contributed by atoms with E-state index < -0.39 is 6.10 Å². The van der Waals surface area contributed by atoms with E-state index in [2.05, 4.69) is 58.4 Å². The van der Waals surface area contributed by atoms with Crippen LogP contribution in [0.25, 0.3) is 10.9 Å². The maximum absolute atomic E-state index is 14.0. The zero-order valence-corrected chi connectivity index (χ0v) is 21.6. The number of carbonyl (C=O) groups excluding carboxylic acids is 1. The van der Waals surface area contributed by atoms with E-state index in [1.165, 1.54) is 22.3 Å². The molecule has 2 aliphatic rings. The van der Waals surface area contributed by atoms with Crippen molar-refractivity contribution in [3.05, 3.63) is 107 Å². The number of benzene rings is 3. The molecule has 1 N–H and O–H groups in total. The van der Waals surface area contributed by atoms with Gasteiger partial charge in [0.15, 0.2) is 0 Å². The molecule has 3 aromatic carbocycles. The Balaban J connectivity index is 1.08. The SMILES string of the molecule is O=C(C1CCN(CC(O)COc2cccc3ncccc23)CC1)C1c2ccccc2CCc2ccccc21. The molecule has 1 atom stereocenters. The molecule has 1 saturated heterocycles. The van der Waals surface area contributed by atoms with Crippen LogP contribution < -0.4 is 4.74 Å². The Labute approximate surface area is 224 Å². The third-order valence-electron chi connectivity index (χ3n) is 8.18. The normalized spacial score (nSPS) is 17.4. The number of pyridine rings is 1. The Hall–Kier alpha value is -3.54. The Bertz CT molecular complexity index is 1370. The average Bonchev–Trinajstić information content (AvgIpc) is 3.13. The smallest absolute Gasteiger partial charge is 0.147 e. The summed E-state index contributed by atoms with van der Waals surface area (Å²) >= 11 is 0. The Morgan fingerprint density at radius 1 is 0.895 bits per heavy atom. The van der Waals surface area contributed by atoms with Gasteiger partial charge in [0.2, 0.25) is 0 Å². The summed E-state index contributed by atoms with van der Waals surface area (Å²) in [5, 5.41) is 11.7. The topological polar surface area (TPSA) is 62.7 Å². The lowest BCUT2D eigenvalue weighted by molar-refractivity contribution is -0.125. The molecule has 0 amide bonds. The third-order valence-corrected chi connectivity index (χ3v) is 8.18. The summed E-state index contributed by atoms with van der Waals surface area (Å²) < 4.78 is 5.97. The summed E-state index contributed by atoms with van der Waals surface area (Å²) in [7, 11) is 0. The maximum Gasteiger partial charge on any atom is 0.147 e. The highest BCUT2D eigenvalue weighted by atomic mass is 16.5. The molecule has 6 rings (SSSR count). The van der Waals surface area contributed by atoms with Gasteiger partial charge in [0.25, 0.3) is 0 Å². The molecular weight excluding hydrogens is 472 g/mol. The number of nitrogens with zero attached hydrogens (tertiary/aromatic N) is 2. The van der Waals surface area contributed by atoms with Crippen molar-refractivity contribution in [1.29, 1.82) is 0 Å². The molecule has 194 valence electrons. The minimum Gasteiger partial charge on any atom is -0.490 e. The van der Waals surface area contributed by atoms with Gasteiger partial charge in [-0.2, -0.15) is 0 Å². The molecule has 0 saturated carbocycles. The van der Waals surface area contributed by atoms with Gasteiger partial charge in [-0.15, -0.1) is 0 Å². The zero-order valence-electron chi connectivity index (χ0n) is 21.6. The molecule has 0 spiro atoms. The van der Waals surface area contributed by atoms with Crippen LogP contribution in [0.3, 0.4) is 0 Å². The highest BCUT2D eigenvalue weighted by molar-refractivity contribution is 5.92. The van der Waals surface area contributed by atoms with Gasteiger partial charge >= 0.3 is 0 Å². The van der Waals surface area contributed by atoms with Crippen molar-refractivity contribution >= 4 is 16.7 Å². The Morgan fingerprint density at radius 2 is 1.58 bits per heavy atom. The van der Waals surface area contributed by atoms with E-state index in [9.17, 15) is 9.90 Å². The molecule has 38 heavy (non-hydrogen) atoms. The standard InChI is InChI=1S/C33H34N2O3/c36-26(22-38-31-13-5-12-30-29(31)11-6-18-34-30)21-35-19-16-25(17-20-35)33(37)32-27-9-3-1-7-23(27)14-15-24-8-2-4-10-28(24)32/h1-13,18,25-26,32,36H,14-17,19-22H2. The van der Waals surface area contributed by atoms with E-state index in [1.807, 2.05) is 30.3 Å². The lowest BCUT2D eigenvalue weighted by atomic mass is 9.77. The first-order chi connectivity index (χ1) is 18.7. The molecule has 1 aliphatic carbocycles. The predicted molar refractivity (Wildman–Crippen MR) is 150 cm³/mol. The fourth-order valence-corrected chi connectivity index (χ4v) is 6.20. The number of fused-ring (bicyclic) bond motifs is 3. The van der Waals surface area contributed by atoms with Crippen LogP contribution in [0.4, 0.5) is 0 Å². The van der Waals surface area contributed by atoms with E-state index in [0.717, 1.165) is 55.4 Å². The van der Waals surface area contributed by atoms with Gasteiger partial charge in [-0.3, -0.25) is 9.78 Å². The fraction of sp³-hybridized carbons (Fsp3) is 0.333. The predicted octanol–water partition coefficient (Wildman–Crippen LogP) is 5.19. The van der Waals surface area contributed by atoms with E-state index in [-0.39, 0.29) is 18.4 Å². The second kappa shape index (κ2) is 11.1. The lowest BCUT2D eigenvalue weighted by Crippen LogP contribution is -2.42. The highest BCUT2D eigenvalue weighted by Gasteiger charge is 2.35. The number of ether oxygens (including phenoxy) is 1. The number of aryl methyl sites for hydroxylation is 2. The van der Waals surface area contributed by atoms with Crippen LogP contribution in [0, 0.1) is 5.92 Å². The van der Waals surface area contributed by atoms with E-state index in [4.69, 9.17) is 4.74 Å². The monoisotopic (exact) mass is 506 g/mol. The summed E-state index contributed by atoms with van der Waals surface area (Å²) in [5.74, 6) is 0.936. The quantitative estimate of drug-likeness (QED) is 0.374. The summed E-state index contributed by atoms with van der Waals surface area (Å²) in [4.78, 5) is 20.7. The molecule has 2 heterocycles. The van der Waals surface area contributed by atoms with Crippen molar-refractivity contribution < 1.29 is 14.6 Å². The van der Waals surface area contributed by atoms with Crippen LogP contribution in [0.15, 0.2) is 85.1 Å². The summed E-state index contributed by atoms with van der Waals surface area (Å²) in [6.07, 6.45) is 4.76. The third kappa shape index (κ3) is 5.09. The van der Waals surface area contributed by atoms with Crippen LogP contribution in [0.2, 0.25) is 0 Å². The molecule has 1 aromatic heterocycles. The van der Waals surface area contributed by atoms with Crippen LogP contribution >= 0.6 is 0 Å². The summed E-state index contributed by atoms with van der Waals surface area (Å²) in [5.41, 5.74) is 5.83. The number of ketones is 1. The number of piperidine rings is 1. The first kappa shape index (κ1) is 24.8. The molecule has 5 nitrogen and oxygen atoms in total. The average molecular weight is 507 g/mol. The molecular formula is C33H34N2O3. The minimum atomic E-state index is -0.602. The van der Waals surface area contributed by atoms with Crippen molar-refractivity contribution in [3.63, 3.8) is 0 Å². The number of aromatic nitrogens is 1. The van der Waals surface area contributed by atoms with Gasteiger partial charge in [-0.25, -0.2) is 0 Å². The number of aliphatic hydroxyl groups excluding tert-OH is 1. The number of hydrogen-bond acceptors (Lipinski definition) is 5. The molecule has 0 radical (unpaired) electrons. The number of carbonyl (C=O) groups is 1.